The molecule has 0 spiro atoms. The van der Waals surface area contributed by atoms with E-state index in [0.29, 0.717) is 23.1 Å². The molecule has 0 aliphatic carbocycles. The predicted octanol–water partition coefficient (Wildman–Crippen LogP) is 3.53. The molecule has 2 aromatic rings. The largest absolute Gasteiger partial charge is 0.492 e. The Hall–Kier alpha value is -2.14. The van der Waals surface area contributed by atoms with Crippen LogP contribution in [0.2, 0.25) is 5.02 Å². The molecule has 1 amide bonds. The molecule has 4 nitrogen and oxygen atoms in total. The summed E-state index contributed by atoms with van der Waals surface area (Å²) in [5, 5.41) is 2.92. The fourth-order valence-electron chi connectivity index (χ4n) is 1.60. The molecule has 1 aromatic carbocycles. The minimum atomic E-state index is -0.818. The second-order valence-electron chi connectivity index (χ2n) is 3.87. The molecule has 0 radical (unpaired) electrons. The zero-order valence-electron chi connectivity index (χ0n) is 10.7. The Kier molecular flexibility index (Phi) is 4.53. The molecule has 104 valence electrons. The van der Waals surface area contributed by atoms with E-state index < -0.39 is 11.9 Å². The number of amides is 1. The van der Waals surface area contributed by atoms with Crippen molar-refractivity contribution < 1.29 is 13.9 Å². The molecule has 1 heterocycles. The van der Waals surface area contributed by atoms with E-state index in [4.69, 9.17) is 16.3 Å². The van der Waals surface area contributed by atoms with Crippen molar-refractivity contribution in [3.8, 4) is 5.75 Å². The van der Waals surface area contributed by atoms with Crippen LogP contribution in [-0.2, 0) is 0 Å². The van der Waals surface area contributed by atoms with E-state index in [9.17, 15) is 9.18 Å². The fourth-order valence-corrected chi connectivity index (χ4v) is 1.84. The maximum Gasteiger partial charge on any atom is 0.260 e. The van der Waals surface area contributed by atoms with Gasteiger partial charge in [0.2, 0.25) is 5.95 Å². The molecule has 0 unspecified atom stereocenters. The van der Waals surface area contributed by atoms with Gasteiger partial charge in [-0.05, 0) is 37.3 Å². The second-order valence-corrected chi connectivity index (χ2v) is 4.28. The molecule has 0 bridgehead atoms. The van der Waals surface area contributed by atoms with Crippen molar-refractivity contribution >= 4 is 23.2 Å². The number of hydrogen-bond donors (Lipinski definition) is 1. The van der Waals surface area contributed by atoms with E-state index >= 15 is 0 Å². The second kappa shape index (κ2) is 6.34. The molecule has 20 heavy (non-hydrogen) atoms. The monoisotopic (exact) mass is 294 g/mol. The van der Waals surface area contributed by atoms with Crippen LogP contribution in [0.1, 0.15) is 17.3 Å². The summed E-state index contributed by atoms with van der Waals surface area (Å²) >= 11 is 6.01. The number of benzene rings is 1. The molecule has 0 aliphatic heterocycles. The highest BCUT2D eigenvalue weighted by molar-refractivity contribution is 6.32. The van der Waals surface area contributed by atoms with Crippen molar-refractivity contribution in [1.82, 2.24) is 4.98 Å². The number of nitrogens with zero attached hydrogens (tertiary/aromatic N) is 1. The van der Waals surface area contributed by atoms with E-state index in [0.717, 1.165) is 0 Å². The van der Waals surface area contributed by atoms with Gasteiger partial charge in [0.15, 0.2) is 0 Å². The first-order chi connectivity index (χ1) is 9.61. The standard InChI is InChI=1S/C14H12ClFN2O2/c1-2-20-12-6-5-9(8-11(12)15)18-14(19)10-4-3-7-17-13(10)16/h3-8H,2H2,1H3,(H,18,19). The highest BCUT2D eigenvalue weighted by Gasteiger charge is 2.13. The lowest BCUT2D eigenvalue weighted by Gasteiger charge is -2.09. The van der Waals surface area contributed by atoms with Gasteiger partial charge < -0.3 is 10.1 Å². The number of hydrogen-bond acceptors (Lipinski definition) is 3. The first-order valence-electron chi connectivity index (χ1n) is 5.96. The molecular weight excluding hydrogens is 283 g/mol. The number of halogens is 2. The average molecular weight is 295 g/mol. The molecule has 0 atom stereocenters. The normalized spacial score (nSPS) is 10.2. The number of carbonyl (C=O) groups is 1. The van der Waals surface area contributed by atoms with Gasteiger partial charge in [0.25, 0.3) is 5.91 Å². The van der Waals surface area contributed by atoms with Gasteiger partial charge in [-0.3, -0.25) is 4.79 Å². The highest BCUT2D eigenvalue weighted by Crippen LogP contribution is 2.27. The molecule has 2 rings (SSSR count). The summed E-state index contributed by atoms with van der Waals surface area (Å²) in [5.41, 5.74) is 0.323. The minimum absolute atomic E-state index is 0.127. The number of ether oxygens (including phenoxy) is 1. The van der Waals surface area contributed by atoms with Gasteiger partial charge in [-0.15, -0.1) is 0 Å². The topological polar surface area (TPSA) is 51.2 Å². The van der Waals surface area contributed by atoms with Gasteiger partial charge in [-0.1, -0.05) is 11.6 Å². The van der Waals surface area contributed by atoms with Crippen LogP contribution in [-0.4, -0.2) is 17.5 Å². The van der Waals surface area contributed by atoms with Crippen molar-refractivity contribution in [3.63, 3.8) is 0 Å². The van der Waals surface area contributed by atoms with Crippen molar-refractivity contribution in [2.24, 2.45) is 0 Å². The van der Waals surface area contributed by atoms with Gasteiger partial charge in [0, 0.05) is 11.9 Å². The minimum Gasteiger partial charge on any atom is -0.492 e. The summed E-state index contributed by atoms with van der Waals surface area (Å²) in [4.78, 5) is 15.3. The third-order valence-corrected chi connectivity index (χ3v) is 2.79. The smallest absolute Gasteiger partial charge is 0.260 e. The fraction of sp³-hybridized carbons (Fsp3) is 0.143. The Morgan fingerprint density at radius 3 is 2.90 bits per heavy atom. The summed E-state index contributed by atoms with van der Waals surface area (Å²) in [7, 11) is 0. The zero-order chi connectivity index (χ0) is 14.5. The molecular formula is C14H12ClFN2O2. The third-order valence-electron chi connectivity index (χ3n) is 2.49. The first-order valence-corrected chi connectivity index (χ1v) is 6.34. The van der Waals surface area contributed by atoms with E-state index in [1.165, 1.54) is 18.3 Å². The quantitative estimate of drug-likeness (QED) is 0.878. The van der Waals surface area contributed by atoms with Crippen molar-refractivity contribution in [2.45, 2.75) is 6.92 Å². The van der Waals surface area contributed by atoms with E-state index in [1.807, 2.05) is 6.92 Å². The summed E-state index contributed by atoms with van der Waals surface area (Å²) < 4.78 is 18.7. The lowest BCUT2D eigenvalue weighted by Crippen LogP contribution is -2.14. The Balaban J connectivity index is 2.16. The van der Waals surface area contributed by atoms with Crippen LogP contribution in [0.15, 0.2) is 36.5 Å². The van der Waals surface area contributed by atoms with Crippen molar-refractivity contribution in [1.29, 1.82) is 0 Å². The van der Waals surface area contributed by atoms with E-state index in [1.54, 1.807) is 18.2 Å². The summed E-state index contributed by atoms with van der Waals surface area (Å²) in [6, 6.07) is 7.65. The average Bonchev–Trinajstić information content (AvgIpc) is 2.42. The summed E-state index contributed by atoms with van der Waals surface area (Å²) in [6.45, 7) is 2.34. The Morgan fingerprint density at radius 2 is 2.25 bits per heavy atom. The van der Waals surface area contributed by atoms with Gasteiger partial charge >= 0.3 is 0 Å². The molecule has 0 aliphatic rings. The van der Waals surface area contributed by atoms with Crippen LogP contribution >= 0.6 is 11.6 Å². The van der Waals surface area contributed by atoms with E-state index in [-0.39, 0.29) is 5.56 Å². The van der Waals surface area contributed by atoms with Crippen LogP contribution < -0.4 is 10.1 Å². The summed E-state index contributed by atoms with van der Waals surface area (Å²) in [6.07, 6.45) is 1.28. The number of anilines is 1. The third kappa shape index (κ3) is 3.24. The van der Waals surface area contributed by atoms with Gasteiger partial charge in [-0.2, -0.15) is 4.39 Å². The van der Waals surface area contributed by atoms with Gasteiger partial charge in [0.05, 0.1) is 17.2 Å². The van der Waals surface area contributed by atoms with Crippen LogP contribution in [0.4, 0.5) is 10.1 Å². The van der Waals surface area contributed by atoms with Crippen LogP contribution in [0.25, 0.3) is 0 Å². The first kappa shape index (κ1) is 14.3. The molecule has 0 saturated carbocycles. The Morgan fingerprint density at radius 1 is 1.45 bits per heavy atom. The number of rotatable bonds is 4. The SMILES string of the molecule is CCOc1ccc(NC(=O)c2cccnc2F)cc1Cl. The zero-order valence-corrected chi connectivity index (χ0v) is 11.4. The molecule has 1 aromatic heterocycles. The number of pyridine rings is 1. The van der Waals surface area contributed by atoms with Crippen molar-refractivity contribution in [3.05, 3.63) is 53.1 Å². The van der Waals surface area contributed by atoms with E-state index in [2.05, 4.69) is 10.3 Å². The maximum absolute atomic E-state index is 13.4. The Bertz CT molecular complexity index is 634. The lowest BCUT2D eigenvalue weighted by molar-refractivity contribution is 0.102. The maximum atomic E-state index is 13.4. The van der Waals surface area contributed by atoms with Crippen molar-refractivity contribution in [2.75, 3.05) is 11.9 Å². The number of carbonyl (C=O) groups excluding carboxylic acids is 1. The number of nitrogens with one attached hydrogen (secondary N) is 1. The summed E-state index contributed by atoms with van der Waals surface area (Å²) in [5.74, 6) is -0.877. The van der Waals surface area contributed by atoms with Gasteiger partial charge in [0.1, 0.15) is 5.75 Å². The highest BCUT2D eigenvalue weighted by atomic mass is 35.5. The molecule has 0 saturated heterocycles. The number of aromatic nitrogens is 1. The molecule has 6 heteroatoms. The molecule has 0 fully saturated rings. The van der Waals surface area contributed by atoms with Crippen LogP contribution in [0.5, 0.6) is 5.75 Å². The Labute approximate surface area is 120 Å². The molecule has 1 N–H and O–H groups in total. The van der Waals surface area contributed by atoms with Crippen LogP contribution in [0, 0.1) is 5.95 Å². The lowest BCUT2D eigenvalue weighted by atomic mass is 10.2. The van der Waals surface area contributed by atoms with Crippen LogP contribution in [0.3, 0.4) is 0 Å². The predicted molar refractivity (Wildman–Crippen MR) is 74.8 cm³/mol. The van der Waals surface area contributed by atoms with Gasteiger partial charge in [-0.25, -0.2) is 4.98 Å².